The molecule has 0 fully saturated rings. The molecule has 0 amide bonds. The summed E-state index contributed by atoms with van der Waals surface area (Å²) in [5, 5.41) is 8.33. The number of aliphatic carboxylic acids is 1. The van der Waals surface area contributed by atoms with E-state index < -0.39 is 5.97 Å². The van der Waals surface area contributed by atoms with E-state index in [0.29, 0.717) is 0 Å². The van der Waals surface area contributed by atoms with Crippen molar-refractivity contribution in [2.24, 2.45) is 0 Å². The molecule has 76 valence electrons. The molecular weight excluding hydrogens is 264 g/mol. The van der Waals surface area contributed by atoms with E-state index in [2.05, 4.69) is 15.9 Å². The fourth-order valence-electron chi connectivity index (χ4n) is 0.873. The van der Waals surface area contributed by atoms with Gasteiger partial charge in [-0.3, -0.25) is 4.79 Å². The van der Waals surface area contributed by atoms with Gasteiger partial charge in [0.05, 0.1) is 5.25 Å². The molecule has 0 saturated carbocycles. The van der Waals surface area contributed by atoms with Crippen molar-refractivity contribution in [3.63, 3.8) is 0 Å². The predicted molar refractivity (Wildman–Crippen MR) is 62.5 cm³/mol. The monoisotopic (exact) mass is 274 g/mol. The Balaban J connectivity index is 2.46. The van der Waals surface area contributed by atoms with Crippen LogP contribution in [-0.4, -0.2) is 16.3 Å². The lowest BCUT2D eigenvalue weighted by atomic mass is 10.2. The van der Waals surface area contributed by atoms with Gasteiger partial charge in [0.25, 0.3) is 0 Å². The summed E-state index contributed by atoms with van der Waals surface area (Å²) in [6.07, 6.45) is 0. The van der Waals surface area contributed by atoms with Crippen LogP contribution in [0.15, 0.2) is 28.7 Å². The van der Waals surface area contributed by atoms with Crippen molar-refractivity contribution in [2.75, 3.05) is 0 Å². The lowest BCUT2D eigenvalue weighted by Gasteiger charge is -2.05. The van der Waals surface area contributed by atoms with E-state index in [0.717, 1.165) is 15.8 Å². The van der Waals surface area contributed by atoms with Crippen LogP contribution < -0.4 is 0 Å². The van der Waals surface area contributed by atoms with Gasteiger partial charge in [-0.25, -0.2) is 0 Å². The zero-order valence-electron chi connectivity index (χ0n) is 7.74. The Morgan fingerprint density at radius 1 is 1.50 bits per heavy atom. The number of carboxylic acid groups (broad SMARTS) is 1. The second-order valence-electron chi connectivity index (χ2n) is 2.92. The van der Waals surface area contributed by atoms with E-state index in [9.17, 15) is 4.79 Å². The molecule has 0 aromatic heterocycles. The van der Waals surface area contributed by atoms with Crippen molar-refractivity contribution in [3.05, 3.63) is 34.3 Å². The number of thioether (sulfide) groups is 1. The van der Waals surface area contributed by atoms with Crippen LogP contribution in [0.25, 0.3) is 0 Å². The standard InChI is InChI=1S/C10H11BrO2S/c1-7(10(12)13)14-6-8-2-4-9(11)5-3-8/h2-5,7H,6H2,1H3,(H,12,13)/t7-/m0/s1. The van der Waals surface area contributed by atoms with Gasteiger partial charge in [-0.2, -0.15) is 0 Å². The van der Waals surface area contributed by atoms with Crippen LogP contribution in [-0.2, 0) is 10.5 Å². The normalized spacial score (nSPS) is 12.4. The number of rotatable bonds is 4. The molecule has 0 heterocycles. The molecule has 0 aliphatic rings. The number of hydrogen-bond donors (Lipinski definition) is 1. The third kappa shape index (κ3) is 3.72. The van der Waals surface area contributed by atoms with E-state index in [1.807, 2.05) is 24.3 Å². The first-order valence-corrected chi connectivity index (χ1v) is 6.02. The van der Waals surface area contributed by atoms with E-state index >= 15 is 0 Å². The van der Waals surface area contributed by atoms with Gasteiger partial charge in [-0.05, 0) is 24.6 Å². The molecule has 1 rings (SSSR count). The van der Waals surface area contributed by atoms with Crippen LogP contribution in [0, 0.1) is 0 Å². The lowest BCUT2D eigenvalue weighted by molar-refractivity contribution is -0.136. The Labute approximate surface area is 95.8 Å². The molecule has 2 nitrogen and oxygen atoms in total. The average molecular weight is 275 g/mol. The highest BCUT2D eigenvalue weighted by atomic mass is 79.9. The fraction of sp³-hybridized carbons (Fsp3) is 0.300. The smallest absolute Gasteiger partial charge is 0.316 e. The van der Waals surface area contributed by atoms with Gasteiger partial charge < -0.3 is 5.11 Å². The van der Waals surface area contributed by atoms with Gasteiger partial charge in [0.2, 0.25) is 0 Å². The average Bonchev–Trinajstić information content (AvgIpc) is 2.16. The van der Waals surface area contributed by atoms with Crippen molar-refractivity contribution in [1.82, 2.24) is 0 Å². The van der Waals surface area contributed by atoms with Gasteiger partial charge >= 0.3 is 5.97 Å². The van der Waals surface area contributed by atoms with Crippen LogP contribution in [0.3, 0.4) is 0 Å². The van der Waals surface area contributed by atoms with Crippen LogP contribution >= 0.6 is 27.7 Å². The first-order valence-electron chi connectivity index (χ1n) is 4.18. The van der Waals surface area contributed by atoms with Crippen LogP contribution in [0.1, 0.15) is 12.5 Å². The van der Waals surface area contributed by atoms with E-state index in [1.54, 1.807) is 6.92 Å². The summed E-state index contributed by atoms with van der Waals surface area (Å²) in [7, 11) is 0. The minimum Gasteiger partial charge on any atom is -0.480 e. The molecule has 1 aromatic rings. The zero-order valence-corrected chi connectivity index (χ0v) is 10.1. The summed E-state index contributed by atoms with van der Waals surface area (Å²) >= 11 is 4.78. The summed E-state index contributed by atoms with van der Waals surface area (Å²) < 4.78 is 1.04. The van der Waals surface area contributed by atoms with Gasteiger partial charge in [0.15, 0.2) is 0 Å². The number of carbonyl (C=O) groups is 1. The first-order chi connectivity index (χ1) is 6.59. The zero-order chi connectivity index (χ0) is 10.6. The van der Waals surface area contributed by atoms with Gasteiger partial charge in [-0.1, -0.05) is 28.1 Å². The molecule has 1 aromatic carbocycles. The summed E-state index contributed by atoms with van der Waals surface area (Å²) in [4.78, 5) is 10.5. The third-order valence-electron chi connectivity index (χ3n) is 1.76. The molecule has 1 atom stereocenters. The van der Waals surface area contributed by atoms with Crippen LogP contribution in [0.2, 0.25) is 0 Å². The summed E-state index contributed by atoms with van der Waals surface area (Å²) in [6, 6.07) is 7.90. The van der Waals surface area contributed by atoms with E-state index in [1.165, 1.54) is 11.8 Å². The minimum atomic E-state index is -0.757. The van der Waals surface area contributed by atoms with Gasteiger partial charge in [-0.15, -0.1) is 11.8 Å². The maximum absolute atomic E-state index is 10.5. The van der Waals surface area contributed by atoms with Crippen molar-refractivity contribution in [2.45, 2.75) is 17.9 Å². The molecule has 0 radical (unpaired) electrons. The molecule has 14 heavy (non-hydrogen) atoms. The summed E-state index contributed by atoms with van der Waals surface area (Å²) in [5.41, 5.74) is 1.14. The fourth-order valence-corrected chi connectivity index (χ4v) is 1.91. The molecule has 1 N–H and O–H groups in total. The Hall–Kier alpha value is -0.480. The molecule has 0 spiro atoms. The quantitative estimate of drug-likeness (QED) is 0.917. The number of benzene rings is 1. The Kier molecular flexibility index (Phi) is 4.48. The molecule has 0 unspecified atom stereocenters. The molecule has 0 saturated heterocycles. The predicted octanol–water partition coefficient (Wildman–Crippen LogP) is 3.16. The van der Waals surface area contributed by atoms with E-state index in [4.69, 9.17) is 5.11 Å². The van der Waals surface area contributed by atoms with Crippen molar-refractivity contribution >= 4 is 33.7 Å². The van der Waals surface area contributed by atoms with Crippen LogP contribution in [0.5, 0.6) is 0 Å². The Bertz CT molecular complexity index is 310. The lowest BCUT2D eigenvalue weighted by Crippen LogP contribution is -2.11. The van der Waals surface area contributed by atoms with E-state index in [-0.39, 0.29) is 5.25 Å². The molecule has 4 heteroatoms. The van der Waals surface area contributed by atoms with Gasteiger partial charge in [0.1, 0.15) is 0 Å². The second-order valence-corrected chi connectivity index (χ2v) is 5.16. The summed E-state index contributed by atoms with van der Waals surface area (Å²) in [5.74, 6) is -0.0205. The van der Waals surface area contributed by atoms with Crippen molar-refractivity contribution < 1.29 is 9.90 Å². The van der Waals surface area contributed by atoms with Crippen LogP contribution in [0.4, 0.5) is 0 Å². The maximum Gasteiger partial charge on any atom is 0.316 e. The Morgan fingerprint density at radius 3 is 2.57 bits per heavy atom. The number of hydrogen-bond acceptors (Lipinski definition) is 2. The third-order valence-corrected chi connectivity index (χ3v) is 3.49. The van der Waals surface area contributed by atoms with Crippen molar-refractivity contribution in [3.8, 4) is 0 Å². The highest BCUT2D eigenvalue weighted by Gasteiger charge is 2.10. The molecule has 0 aliphatic heterocycles. The summed E-state index contributed by atoms with van der Waals surface area (Å²) in [6.45, 7) is 1.70. The first kappa shape index (κ1) is 11.6. The molecular formula is C10H11BrO2S. The van der Waals surface area contributed by atoms with Crippen molar-refractivity contribution in [1.29, 1.82) is 0 Å². The molecule has 0 aliphatic carbocycles. The highest BCUT2D eigenvalue weighted by molar-refractivity contribution is 9.10. The molecule has 0 bridgehead atoms. The maximum atomic E-state index is 10.5. The highest BCUT2D eigenvalue weighted by Crippen LogP contribution is 2.19. The van der Waals surface area contributed by atoms with Gasteiger partial charge in [0, 0.05) is 10.2 Å². The minimum absolute atomic E-state index is 0.348. The SMILES string of the molecule is C[C@H](SCc1ccc(Br)cc1)C(=O)O. The topological polar surface area (TPSA) is 37.3 Å². The number of carboxylic acids is 1. The second kappa shape index (κ2) is 5.41. The Morgan fingerprint density at radius 2 is 2.07 bits per heavy atom. The number of halogens is 1. The largest absolute Gasteiger partial charge is 0.480 e.